The van der Waals surface area contributed by atoms with Gasteiger partial charge in [0, 0.05) is 0 Å². The molecular weight excluding hydrogens is 423 g/mol. The fourth-order valence-electron chi connectivity index (χ4n) is 2.66. The van der Waals surface area contributed by atoms with Gasteiger partial charge in [-0.2, -0.15) is 0 Å². The smallest absolute Gasteiger partial charge is 0.373 e. The summed E-state index contributed by atoms with van der Waals surface area (Å²) in [5.41, 5.74) is 0.561. The summed E-state index contributed by atoms with van der Waals surface area (Å²) in [5.74, 6) is -0.641. The largest absolute Gasteiger partial charge is 0.491 e. The Kier molecular flexibility index (Phi) is 6.14. The van der Waals surface area contributed by atoms with Crippen LogP contribution in [0.2, 0.25) is 10.0 Å². The van der Waals surface area contributed by atoms with E-state index in [0.717, 1.165) is 4.90 Å². The Labute approximate surface area is 175 Å². The number of rotatable bonds is 6. The van der Waals surface area contributed by atoms with Crippen molar-refractivity contribution >= 4 is 47.2 Å². The van der Waals surface area contributed by atoms with Crippen molar-refractivity contribution in [1.29, 1.82) is 0 Å². The van der Waals surface area contributed by atoms with Crippen LogP contribution in [0.15, 0.2) is 34.4 Å². The molecule has 1 aliphatic rings. The number of amides is 3. The van der Waals surface area contributed by atoms with E-state index in [-0.39, 0.29) is 33.8 Å². The maximum Gasteiger partial charge on any atom is 0.373 e. The van der Waals surface area contributed by atoms with E-state index in [1.807, 2.05) is 0 Å². The van der Waals surface area contributed by atoms with Crippen LogP contribution in [0.1, 0.15) is 28.8 Å². The van der Waals surface area contributed by atoms with Crippen LogP contribution >= 0.6 is 23.2 Å². The summed E-state index contributed by atoms with van der Waals surface area (Å²) in [4.78, 5) is 37.2. The number of hydrogen-bond acceptors (Lipinski definition) is 6. The molecule has 1 aromatic carbocycles. The fraction of sp³-hybridized carbons (Fsp3) is 0.211. The first kappa shape index (κ1) is 20.8. The number of ether oxygens (including phenoxy) is 2. The molecule has 2 aromatic rings. The Morgan fingerprint density at radius 3 is 2.55 bits per heavy atom. The molecule has 0 aliphatic carbocycles. The van der Waals surface area contributed by atoms with Gasteiger partial charge in [0.25, 0.3) is 5.91 Å². The average molecular weight is 439 g/mol. The summed E-state index contributed by atoms with van der Waals surface area (Å²) in [7, 11) is 1.22. The van der Waals surface area contributed by atoms with E-state index in [0.29, 0.717) is 17.9 Å². The minimum absolute atomic E-state index is 0.0241. The van der Waals surface area contributed by atoms with Crippen molar-refractivity contribution in [2.45, 2.75) is 13.5 Å². The average Bonchev–Trinajstić information content (AvgIpc) is 3.25. The van der Waals surface area contributed by atoms with E-state index in [9.17, 15) is 14.4 Å². The van der Waals surface area contributed by atoms with Gasteiger partial charge in [-0.05, 0) is 42.8 Å². The first-order chi connectivity index (χ1) is 13.8. The van der Waals surface area contributed by atoms with Crippen LogP contribution in [0.4, 0.5) is 4.79 Å². The minimum atomic E-state index is -0.654. The monoisotopic (exact) mass is 438 g/mol. The molecule has 3 rings (SSSR count). The van der Waals surface area contributed by atoms with Gasteiger partial charge in [-0.1, -0.05) is 23.2 Å². The van der Waals surface area contributed by atoms with Gasteiger partial charge in [0.15, 0.2) is 5.75 Å². The number of methoxy groups -OCH3 is 1. The molecule has 1 saturated heterocycles. The quantitative estimate of drug-likeness (QED) is 0.417. The molecule has 0 unspecified atom stereocenters. The molecule has 29 heavy (non-hydrogen) atoms. The second kappa shape index (κ2) is 8.59. The molecule has 0 saturated carbocycles. The zero-order chi connectivity index (χ0) is 21.1. The molecule has 0 spiro atoms. The number of esters is 1. The lowest BCUT2D eigenvalue weighted by Gasteiger charge is -2.09. The molecule has 0 atom stereocenters. The number of hydrogen-bond donors (Lipinski definition) is 1. The zero-order valence-electron chi connectivity index (χ0n) is 15.5. The van der Waals surface area contributed by atoms with Crippen molar-refractivity contribution in [1.82, 2.24) is 10.2 Å². The molecule has 152 valence electrons. The van der Waals surface area contributed by atoms with Crippen molar-refractivity contribution in [2.75, 3.05) is 13.7 Å². The number of carbonyl (C=O) groups is 3. The number of nitrogens with one attached hydrogen (secondary N) is 1. The van der Waals surface area contributed by atoms with Crippen LogP contribution in [0, 0.1) is 0 Å². The first-order valence-electron chi connectivity index (χ1n) is 8.47. The molecular formula is C19H16Cl2N2O6. The minimum Gasteiger partial charge on any atom is -0.491 e. The third-order valence-corrected chi connectivity index (χ3v) is 4.51. The molecule has 10 heteroatoms. The molecule has 8 nitrogen and oxygen atoms in total. The van der Waals surface area contributed by atoms with Crippen LogP contribution < -0.4 is 10.1 Å². The molecule has 0 bridgehead atoms. The molecule has 1 N–H and O–H groups in total. The van der Waals surface area contributed by atoms with Crippen LogP contribution in [0.25, 0.3) is 6.08 Å². The number of benzene rings is 1. The summed E-state index contributed by atoms with van der Waals surface area (Å²) < 4.78 is 15.2. The number of imide groups is 1. The van der Waals surface area contributed by atoms with Gasteiger partial charge in [0.2, 0.25) is 5.76 Å². The number of carbonyl (C=O) groups excluding carboxylic acids is 3. The Hall–Kier alpha value is -2.97. The second-order valence-electron chi connectivity index (χ2n) is 5.88. The maximum atomic E-state index is 12.6. The van der Waals surface area contributed by atoms with Crippen LogP contribution in [-0.4, -0.2) is 36.5 Å². The highest BCUT2D eigenvalue weighted by atomic mass is 35.5. The Balaban J connectivity index is 1.80. The third-order valence-electron chi connectivity index (χ3n) is 3.94. The highest BCUT2D eigenvalue weighted by Crippen LogP contribution is 2.35. The summed E-state index contributed by atoms with van der Waals surface area (Å²) in [6.07, 6.45) is 1.45. The van der Waals surface area contributed by atoms with E-state index >= 15 is 0 Å². The Morgan fingerprint density at radius 2 is 1.93 bits per heavy atom. The lowest BCUT2D eigenvalue weighted by atomic mass is 10.1. The maximum absolute atomic E-state index is 12.6. The second-order valence-corrected chi connectivity index (χ2v) is 6.70. The highest BCUT2D eigenvalue weighted by molar-refractivity contribution is 6.37. The SMILES string of the molecule is CCOc1c(Cl)cc(/C=C2\NC(=O)N(Cc3ccc(C(=O)OC)o3)C2=O)cc1Cl. The van der Waals surface area contributed by atoms with E-state index in [2.05, 4.69) is 10.1 Å². The lowest BCUT2D eigenvalue weighted by Crippen LogP contribution is -2.30. The molecule has 1 aromatic heterocycles. The van der Waals surface area contributed by atoms with E-state index in [1.165, 1.54) is 25.3 Å². The summed E-state index contributed by atoms with van der Waals surface area (Å²) in [6.45, 7) is 2.05. The zero-order valence-corrected chi connectivity index (χ0v) is 17.0. The van der Waals surface area contributed by atoms with Gasteiger partial charge < -0.3 is 19.2 Å². The molecule has 0 radical (unpaired) electrons. The number of urea groups is 1. The predicted octanol–water partition coefficient (Wildman–Crippen LogP) is 3.86. The summed E-state index contributed by atoms with van der Waals surface area (Å²) in [6, 6.07) is 5.41. The third kappa shape index (κ3) is 4.38. The Morgan fingerprint density at radius 1 is 1.24 bits per heavy atom. The topological polar surface area (TPSA) is 98.1 Å². The van der Waals surface area contributed by atoms with Gasteiger partial charge in [0.1, 0.15) is 11.5 Å². The molecule has 1 aliphatic heterocycles. The van der Waals surface area contributed by atoms with Crippen molar-refractivity contribution in [3.8, 4) is 5.75 Å². The van der Waals surface area contributed by atoms with Gasteiger partial charge in [0.05, 0.1) is 30.3 Å². The van der Waals surface area contributed by atoms with Gasteiger partial charge in [-0.25, -0.2) is 9.59 Å². The first-order valence-corrected chi connectivity index (χ1v) is 9.23. The molecule has 3 amide bonds. The normalized spacial score (nSPS) is 15.0. The molecule has 1 fully saturated rings. The van der Waals surface area contributed by atoms with Crippen LogP contribution in [-0.2, 0) is 16.1 Å². The van der Waals surface area contributed by atoms with Crippen molar-refractivity contribution in [2.24, 2.45) is 0 Å². The summed E-state index contributed by atoms with van der Waals surface area (Å²) in [5, 5.41) is 3.06. The van der Waals surface area contributed by atoms with Gasteiger partial charge in [-0.3, -0.25) is 9.69 Å². The highest BCUT2D eigenvalue weighted by Gasteiger charge is 2.34. The predicted molar refractivity (Wildman–Crippen MR) is 105 cm³/mol. The lowest BCUT2D eigenvalue weighted by molar-refractivity contribution is -0.123. The van der Waals surface area contributed by atoms with Crippen molar-refractivity contribution in [3.63, 3.8) is 0 Å². The van der Waals surface area contributed by atoms with E-state index < -0.39 is 17.9 Å². The van der Waals surface area contributed by atoms with E-state index in [4.69, 9.17) is 32.4 Å². The standard InChI is InChI=1S/C19H16Cl2N2O6/c1-3-28-16-12(20)6-10(7-13(16)21)8-14-17(24)23(19(26)22-14)9-11-4-5-15(29-11)18(25)27-2/h4-8H,3,9H2,1-2H3,(H,22,26)/b14-8-. The molecule has 2 heterocycles. The van der Waals surface area contributed by atoms with Gasteiger partial charge in [-0.15, -0.1) is 0 Å². The number of furan rings is 1. The van der Waals surface area contributed by atoms with Crippen molar-refractivity contribution < 1.29 is 28.3 Å². The van der Waals surface area contributed by atoms with Crippen LogP contribution in [0.5, 0.6) is 5.75 Å². The van der Waals surface area contributed by atoms with Crippen LogP contribution in [0.3, 0.4) is 0 Å². The van der Waals surface area contributed by atoms with Gasteiger partial charge >= 0.3 is 12.0 Å². The number of nitrogens with zero attached hydrogens (tertiary/aromatic N) is 1. The fourth-order valence-corrected chi connectivity index (χ4v) is 3.27. The van der Waals surface area contributed by atoms with E-state index in [1.54, 1.807) is 19.1 Å². The van der Waals surface area contributed by atoms with Crippen molar-refractivity contribution in [3.05, 3.63) is 57.1 Å². The number of halogens is 2. The Bertz CT molecular complexity index is 991. The summed E-state index contributed by atoms with van der Waals surface area (Å²) >= 11 is 12.3.